The van der Waals surface area contributed by atoms with Crippen LogP contribution in [0, 0.1) is 0 Å². The summed E-state index contributed by atoms with van der Waals surface area (Å²) in [7, 11) is 0. The van der Waals surface area contributed by atoms with Crippen LogP contribution in [0.25, 0.3) is 11.0 Å². The summed E-state index contributed by atoms with van der Waals surface area (Å²) in [6.45, 7) is 0.628. The number of nitrogens with one attached hydrogen (secondary N) is 3. The summed E-state index contributed by atoms with van der Waals surface area (Å²) < 4.78 is 0. The molecule has 0 spiro atoms. The van der Waals surface area contributed by atoms with E-state index in [1.165, 1.54) is 0 Å². The van der Waals surface area contributed by atoms with E-state index in [2.05, 4.69) is 25.1 Å². The number of carbonyl (C=O) groups excluding carboxylic acids is 1. The number of H-pyrrole nitrogens is 3. The number of hydrogen-bond donors (Lipinski definition) is 3. The Kier molecular flexibility index (Phi) is 3.22. The van der Waals surface area contributed by atoms with Crippen LogP contribution in [0.2, 0.25) is 0 Å². The molecule has 0 radical (unpaired) electrons. The Labute approximate surface area is 130 Å². The van der Waals surface area contributed by atoms with Crippen LogP contribution in [-0.2, 0) is 0 Å². The number of nitrogens with zero attached hydrogens (tertiary/aromatic N) is 3. The van der Waals surface area contributed by atoms with Gasteiger partial charge in [0.05, 0.1) is 6.04 Å². The van der Waals surface area contributed by atoms with Gasteiger partial charge < -0.3 is 9.88 Å². The molecular weight excluding hydrogens is 296 g/mol. The lowest BCUT2D eigenvalue weighted by molar-refractivity contribution is 0.0594. The van der Waals surface area contributed by atoms with Crippen molar-refractivity contribution in [3.63, 3.8) is 0 Å². The minimum Gasteiger partial charge on any atom is -0.346 e. The Bertz CT molecular complexity index is 908. The normalized spacial score (nSPS) is 18.4. The van der Waals surface area contributed by atoms with Crippen molar-refractivity contribution in [2.75, 3.05) is 6.54 Å². The third-order valence-electron chi connectivity index (χ3n) is 4.23. The molecule has 1 fully saturated rings. The molecule has 1 atom stereocenters. The number of piperidine rings is 1. The highest BCUT2D eigenvalue weighted by molar-refractivity contribution is 5.94. The van der Waals surface area contributed by atoms with E-state index in [4.69, 9.17) is 0 Å². The smallest absolute Gasteiger partial charge is 0.340 e. The van der Waals surface area contributed by atoms with E-state index in [-0.39, 0.29) is 17.6 Å². The molecule has 8 heteroatoms. The Hall–Kier alpha value is -2.90. The van der Waals surface area contributed by atoms with Gasteiger partial charge in [-0.3, -0.25) is 9.78 Å². The summed E-state index contributed by atoms with van der Waals surface area (Å²) in [5.41, 5.74) is 0.728. The molecule has 8 nitrogen and oxygen atoms in total. The van der Waals surface area contributed by atoms with Gasteiger partial charge in [-0.1, -0.05) is 0 Å². The van der Waals surface area contributed by atoms with Crippen LogP contribution in [0.3, 0.4) is 0 Å². The fourth-order valence-electron chi connectivity index (χ4n) is 3.10. The van der Waals surface area contributed by atoms with E-state index in [0.29, 0.717) is 23.7 Å². The highest BCUT2D eigenvalue weighted by Crippen LogP contribution is 2.29. The first-order valence-electron chi connectivity index (χ1n) is 7.62. The maximum atomic E-state index is 12.9. The molecule has 1 aliphatic heterocycles. The van der Waals surface area contributed by atoms with Crippen molar-refractivity contribution in [1.29, 1.82) is 0 Å². The molecule has 3 N–H and O–H groups in total. The number of aromatic nitrogens is 5. The van der Waals surface area contributed by atoms with Gasteiger partial charge in [-0.2, -0.15) is 5.10 Å². The number of pyridine rings is 1. The maximum absolute atomic E-state index is 12.9. The van der Waals surface area contributed by atoms with Crippen molar-refractivity contribution in [3.05, 3.63) is 46.4 Å². The summed E-state index contributed by atoms with van der Waals surface area (Å²) in [4.78, 5) is 36.0. The van der Waals surface area contributed by atoms with Crippen LogP contribution in [0.5, 0.6) is 0 Å². The van der Waals surface area contributed by atoms with Gasteiger partial charge in [0.15, 0.2) is 5.82 Å². The maximum Gasteiger partial charge on any atom is 0.340 e. The van der Waals surface area contributed by atoms with E-state index in [1.807, 2.05) is 12.1 Å². The second kappa shape index (κ2) is 5.38. The first-order chi connectivity index (χ1) is 11.2. The van der Waals surface area contributed by atoms with E-state index in [9.17, 15) is 9.59 Å². The summed E-state index contributed by atoms with van der Waals surface area (Å²) >= 11 is 0. The van der Waals surface area contributed by atoms with Gasteiger partial charge >= 0.3 is 5.69 Å². The number of hydrogen-bond acceptors (Lipinski definition) is 4. The van der Waals surface area contributed by atoms with E-state index < -0.39 is 0 Å². The van der Waals surface area contributed by atoms with Gasteiger partial charge in [0.2, 0.25) is 0 Å². The average molecular weight is 312 g/mol. The number of fused-ring (bicyclic) bond motifs is 1. The SMILES string of the molecule is O=C(c1ccc2cc[nH]c2n1)N1CCCCC1c1n[nH]c(=O)[nH]1. The highest BCUT2D eigenvalue weighted by Gasteiger charge is 2.31. The predicted octanol–water partition coefficient (Wildman–Crippen LogP) is 1.34. The van der Waals surface area contributed by atoms with Gasteiger partial charge in [-0.15, -0.1) is 0 Å². The monoisotopic (exact) mass is 312 g/mol. The number of aromatic amines is 3. The fourth-order valence-corrected chi connectivity index (χ4v) is 3.10. The van der Waals surface area contributed by atoms with E-state index >= 15 is 0 Å². The van der Waals surface area contributed by atoms with Crippen molar-refractivity contribution in [3.8, 4) is 0 Å². The fraction of sp³-hybridized carbons (Fsp3) is 0.333. The molecular formula is C15H16N6O2. The van der Waals surface area contributed by atoms with Crippen molar-refractivity contribution in [2.24, 2.45) is 0 Å². The van der Waals surface area contributed by atoms with Gasteiger partial charge in [0.1, 0.15) is 11.3 Å². The van der Waals surface area contributed by atoms with E-state index in [1.54, 1.807) is 17.2 Å². The Morgan fingerprint density at radius 2 is 2.17 bits per heavy atom. The molecule has 23 heavy (non-hydrogen) atoms. The molecule has 1 unspecified atom stereocenters. The summed E-state index contributed by atoms with van der Waals surface area (Å²) in [6, 6.07) is 5.30. The zero-order valence-corrected chi connectivity index (χ0v) is 12.4. The quantitative estimate of drug-likeness (QED) is 0.663. The molecule has 1 saturated heterocycles. The summed E-state index contributed by atoms with van der Waals surface area (Å²) in [6.07, 6.45) is 4.50. The third-order valence-corrected chi connectivity index (χ3v) is 4.23. The molecule has 0 saturated carbocycles. The molecule has 1 amide bonds. The second-order valence-electron chi connectivity index (χ2n) is 5.69. The Morgan fingerprint density at radius 3 is 3.00 bits per heavy atom. The molecule has 118 valence electrons. The Balaban J connectivity index is 1.68. The molecule has 0 bridgehead atoms. The van der Waals surface area contributed by atoms with Crippen molar-refractivity contribution in [2.45, 2.75) is 25.3 Å². The summed E-state index contributed by atoms with van der Waals surface area (Å²) in [5, 5.41) is 7.33. The minimum atomic E-state index is -0.357. The molecule has 4 rings (SSSR count). The number of carbonyl (C=O) groups is 1. The van der Waals surface area contributed by atoms with Gasteiger partial charge in [-0.05, 0) is 37.5 Å². The zero-order valence-electron chi connectivity index (χ0n) is 12.4. The first-order valence-corrected chi connectivity index (χ1v) is 7.62. The average Bonchev–Trinajstić information content (AvgIpc) is 3.22. The molecule has 4 heterocycles. The number of amides is 1. The predicted molar refractivity (Wildman–Crippen MR) is 82.9 cm³/mol. The lowest BCUT2D eigenvalue weighted by atomic mass is 10.0. The second-order valence-corrected chi connectivity index (χ2v) is 5.69. The minimum absolute atomic E-state index is 0.143. The number of likely N-dealkylation sites (tertiary alicyclic amines) is 1. The molecule has 3 aromatic heterocycles. The standard InChI is InChI=1S/C15H16N6O2/c22-14(10-5-4-9-6-7-16-12(9)17-10)21-8-2-1-3-11(21)13-18-15(23)20-19-13/h4-7,11H,1-3,8H2,(H,16,17)(H2,18,19,20,23). The van der Waals surface area contributed by atoms with Crippen LogP contribution < -0.4 is 5.69 Å². The highest BCUT2D eigenvalue weighted by atomic mass is 16.2. The first kappa shape index (κ1) is 13.7. The van der Waals surface area contributed by atoms with Crippen LogP contribution in [-0.4, -0.2) is 42.5 Å². The van der Waals surface area contributed by atoms with Crippen molar-refractivity contribution >= 4 is 16.9 Å². The van der Waals surface area contributed by atoms with Gasteiger partial charge in [-0.25, -0.2) is 14.9 Å². The molecule has 1 aliphatic rings. The van der Waals surface area contributed by atoms with Crippen molar-refractivity contribution in [1.82, 2.24) is 30.0 Å². The molecule has 0 aliphatic carbocycles. The Morgan fingerprint density at radius 1 is 1.26 bits per heavy atom. The lowest BCUT2D eigenvalue weighted by Crippen LogP contribution is -2.39. The lowest BCUT2D eigenvalue weighted by Gasteiger charge is -2.34. The zero-order chi connectivity index (χ0) is 15.8. The van der Waals surface area contributed by atoms with Crippen LogP contribution in [0.4, 0.5) is 0 Å². The van der Waals surface area contributed by atoms with Crippen LogP contribution in [0.15, 0.2) is 29.2 Å². The van der Waals surface area contributed by atoms with Gasteiger partial charge in [0, 0.05) is 18.1 Å². The molecule has 3 aromatic rings. The van der Waals surface area contributed by atoms with Gasteiger partial charge in [0.25, 0.3) is 5.91 Å². The largest absolute Gasteiger partial charge is 0.346 e. The van der Waals surface area contributed by atoms with Crippen molar-refractivity contribution < 1.29 is 4.79 Å². The van der Waals surface area contributed by atoms with Crippen LogP contribution >= 0.6 is 0 Å². The number of rotatable bonds is 2. The topological polar surface area (TPSA) is 111 Å². The van der Waals surface area contributed by atoms with E-state index in [0.717, 1.165) is 24.6 Å². The third kappa shape index (κ3) is 2.41. The summed E-state index contributed by atoms with van der Waals surface area (Å²) in [5.74, 6) is 0.360. The van der Waals surface area contributed by atoms with Crippen LogP contribution in [0.1, 0.15) is 41.6 Å². The molecule has 0 aromatic carbocycles.